The van der Waals surface area contributed by atoms with Crippen molar-refractivity contribution in [1.29, 1.82) is 0 Å². The van der Waals surface area contributed by atoms with E-state index in [1.54, 1.807) is 38.4 Å². The summed E-state index contributed by atoms with van der Waals surface area (Å²) in [7, 11) is -0.189. The normalized spacial score (nSPS) is 11.3. The largest absolute Gasteiger partial charge is 0.497 e. The third kappa shape index (κ3) is 3.89. The summed E-state index contributed by atoms with van der Waals surface area (Å²) >= 11 is 0. The van der Waals surface area contributed by atoms with Gasteiger partial charge in [-0.1, -0.05) is 13.0 Å². The van der Waals surface area contributed by atoms with Crippen molar-refractivity contribution in [2.45, 2.75) is 6.92 Å². The van der Waals surface area contributed by atoms with E-state index in [1.165, 1.54) is 4.31 Å². The van der Waals surface area contributed by atoms with Gasteiger partial charge < -0.3 is 10.1 Å². The van der Waals surface area contributed by atoms with E-state index in [4.69, 9.17) is 4.74 Å². The summed E-state index contributed by atoms with van der Waals surface area (Å²) in [4.78, 5) is 0. The molecule has 0 aliphatic carbocycles. The second-order valence-corrected chi connectivity index (χ2v) is 5.96. The van der Waals surface area contributed by atoms with E-state index in [-0.39, 0.29) is 5.75 Å². The standard InChI is InChI=1S/C12H20N2O3S/c1-4-13-8-9-18(15,16)14(2)11-6-5-7-12(10-11)17-3/h5-7,10,13H,4,8-9H2,1-3H3. The average molecular weight is 272 g/mol. The number of anilines is 1. The Balaban J connectivity index is 2.81. The molecule has 5 nitrogen and oxygen atoms in total. The van der Waals surface area contributed by atoms with E-state index >= 15 is 0 Å². The molecule has 102 valence electrons. The molecule has 0 atom stereocenters. The fourth-order valence-electron chi connectivity index (χ4n) is 1.48. The molecule has 0 fully saturated rings. The van der Waals surface area contributed by atoms with Crippen LogP contribution >= 0.6 is 0 Å². The molecule has 0 aliphatic heterocycles. The van der Waals surface area contributed by atoms with Gasteiger partial charge in [-0.25, -0.2) is 8.42 Å². The Morgan fingerprint density at radius 1 is 1.39 bits per heavy atom. The highest BCUT2D eigenvalue weighted by atomic mass is 32.2. The SMILES string of the molecule is CCNCCS(=O)(=O)N(C)c1cccc(OC)c1. The Hall–Kier alpha value is -1.27. The molecule has 0 unspecified atom stereocenters. The smallest absolute Gasteiger partial charge is 0.236 e. The van der Waals surface area contributed by atoms with Gasteiger partial charge in [0.1, 0.15) is 5.75 Å². The van der Waals surface area contributed by atoms with Gasteiger partial charge in [-0.15, -0.1) is 0 Å². The molecule has 1 N–H and O–H groups in total. The maximum atomic E-state index is 12.1. The van der Waals surface area contributed by atoms with Crippen LogP contribution in [0.4, 0.5) is 5.69 Å². The summed E-state index contributed by atoms with van der Waals surface area (Å²) in [6.07, 6.45) is 0. The van der Waals surface area contributed by atoms with Crippen molar-refractivity contribution < 1.29 is 13.2 Å². The first-order valence-corrected chi connectivity index (χ1v) is 7.43. The number of benzene rings is 1. The molecule has 6 heteroatoms. The number of hydrogen-bond donors (Lipinski definition) is 1. The lowest BCUT2D eigenvalue weighted by molar-refractivity contribution is 0.415. The van der Waals surface area contributed by atoms with Crippen molar-refractivity contribution in [2.75, 3.05) is 37.3 Å². The third-order valence-corrected chi connectivity index (χ3v) is 4.39. The van der Waals surface area contributed by atoms with Crippen LogP contribution in [0.25, 0.3) is 0 Å². The third-order valence-electron chi connectivity index (χ3n) is 2.62. The lowest BCUT2D eigenvalue weighted by Crippen LogP contribution is -2.33. The molecule has 1 rings (SSSR count). The fourth-order valence-corrected chi connectivity index (χ4v) is 2.59. The monoisotopic (exact) mass is 272 g/mol. The lowest BCUT2D eigenvalue weighted by Gasteiger charge is -2.20. The first-order valence-electron chi connectivity index (χ1n) is 5.82. The number of rotatable bonds is 7. The van der Waals surface area contributed by atoms with Crippen molar-refractivity contribution >= 4 is 15.7 Å². The summed E-state index contributed by atoms with van der Waals surface area (Å²) in [5, 5.41) is 3.00. The summed E-state index contributed by atoms with van der Waals surface area (Å²) in [5.41, 5.74) is 0.603. The van der Waals surface area contributed by atoms with Crippen LogP contribution in [0.5, 0.6) is 5.75 Å². The molecule has 0 aromatic heterocycles. The van der Waals surface area contributed by atoms with Gasteiger partial charge in [0, 0.05) is 19.7 Å². The van der Waals surface area contributed by atoms with Crippen LogP contribution in [0.3, 0.4) is 0 Å². The van der Waals surface area contributed by atoms with Crippen molar-refractivity contribution in [3.8, 4) is 5.75 Å². The molecule has 1 aromatic carbocycles. The van der Waals surface area contributed by atoms with Crippen LogP contribution in [0.2, 0.25) is 0 Å². The first kappa shape index (κ1) is 14.8. The average Bonchev–Trinajstić information content (AvgIpc) is 2.38. The minimum atomic E-state index is -3.30. The second-order valence-electron chi connectivity index (χ2n) is 3.84. The molecule has 18 heavy (non-hydrogen) atoms. The summed E-state index contributed by atoms with van der Waals surface area (Å²) in [6, 6.07) is 6.99. The van der Waals surface area contributed by atoms with Crippen molar-refractivity contribution in [3.63, 3.8) is 0 Å². The number of methoxy groups -OCH3 is 1. The van der Waals surface area contributed by atoms with E-state index in [0.29, 0.717) is 18.0 Å². The van der Waals surface area contributed by atoms with Crippen LogP contribution < -0.4 is 14.4 Å². The fraction of sp³-hybridized carbons (Fsp3) is 0.500. The van der Waals surface area contributed by atoms with Gasteiger partial charge in [0.2, 0.25) is 10.0 Å². The Morgan fingerprint density at radius 3 is 2.72 bits per heavy atom. The molecule has 0 aliphatic rings. The number of hydrogen-bond acceptors (Lipinski definition) is 4. The van der Waals surface area contributed by atoms with Gasteiger partial charge in [-0.2, -0.15) is 0 Å². The summed E-state index contributed by atoms with van der Waals surface area (Å²) in [5.74, 6) is 0.718. The topological polar surface area (TPSA) is 58.6 Å². The van der Waals surface area contributed by atoms with Gasteiger partial charge in [-0.05, 0) is 18.7 Å². The van der Waals surface area contributed by atoms with Crippen LogP contribution in [0.15, 0.2) is 24.3 Å². The van der Waals surface area contributed by atoms with Crippen molar-refractivity contribution in [1.82, 2.24) is 5.32 Å². The highest BCUT2D eigenvalue weighted by Crippen LogP contribution is 2.21. The zero-order valence-electron chi connectivity index (χ0n) is 11.0. The quantitative estimate of drug-likeness (QED) is 0.754. The van der Waals surface area contributed by atoms with Gasteiger partial charge in [-0.3, -0.25) is 4.31 Å². The zero-order valence-corrected chi connectivity index (χ0v) is 11.8. The Bertz CT molecular complexity index is 474. The maximum absolute atomic E-state index is 12.1. The van der Waals surface area contributed by atoms with Crippen LogP contribution in [-0.4, -0.2) is 41.4 Å². The Morgan fingerprint density at radius 2 is 2.11 bits per heavy atom. The molecular formula is C12H20N2O3S. The molecule has 0 saturated heterocycles. The van der Waals surface area contributed by atoms with E-state index in [2.05, 4.69) is 5.32 Å². The lowest BCUT2D eigenvalue weighted by atomic mass is 10.3. The number of nitrogens with zero attached hydrogens (tertiary/aromatic N) is 1. The highest BCUT2D eigenvalue weighted by molar-refractivity contribution is 7.92. The first-order chi connectivity index (χ1) is 8.51. The van der Waals surface area contributed by atoms with Crippen LogP contribution in [0, 0.1) is 0 Å². The molecule has 0 amide bonds. The number of ether oxygens (including phenoxy) is 1. The molecule has 1 aromatic rings. The molecule has 0 heterocycles. The second kappa shape index (κ2) is 6.61. The van der Waals surface area contributed by atoms with Gasteiger partial charge in [0.25, 0.3) is 0 Å². The number of sulfonamides is 1. The Kier molecular flexibility index (Phi) is 5.43. The predicted octanol–water partition coefficient (Wildman–Crippen LogP) is 1.07. The molecule has 0 saturated carbocycles. The van der Waals surface area contributed by atoms with E-state index in [0.717, 1.165) is 6.54 Å². The molecule has 0 radical (unpaired) electrons. The summed E-state index contributed by atoms with van der Waals surface area (Å²) in [6.45, 7) is 3.16. The molecule has 0 spiro atoms. The maximum Gasteiger partial charge on any atom is 0.236 e. The van der Waals surface area contributed by atoms with E-state index in [1.807, 2.05) is 6.92 Å². The van der Waals surface area contributed by atoms with E-state index in [9.17, 15) is 8.42 Å². The highest BCUT2D eigenvalue weighted by Gasteiger charge is 2.18. The molecule has 0 bridgehead atoms. The van der Waals surface area contributed by atoms with Gasteiger partial charge in [0.15, 0.2) is 0 Å². The van der Waals surface area contributed by atoms with Crippen LogP contribution in [-0.2, 0) is 10.0 Å². The minimum Gasteiger partial charge on any atom is -0.497 e. The number of nitrogens with one attached hydrogen (secondary N) is 1. The zero-order chi connectivity index (χ0) is 13.6. The van der Waals surface area contributed by atoms with Gasteiger partial charge in [0.05, 0.1) is 18.6 Å². The van der Waals surface area contributed by atoms with E-state index < -0.39 is 10.0 Å². The summed E-state index contributed by atoms with van der Waals surface area (Å²) < 4.78 is 30.5. The van der Waals surface area contributed by atoms with Crippen molar-refractivity contribution in [2.24, 2.45) is 0 Å². The Labute approximate surface area is 109 Å². The molecular weight excluding hydrogens is 252 g/mol. The predicted molar refractivity (Wildman–Crippen MR) is 73.7 cm³/mol. The van der Waals surface area contributed by atoms with Gasteiger partial charge >= 0.3 is 0 Å². The minimum absolute atomic E-state index is 0.0779. The van der Waals surface area contributed by atoms with Crippen molar-refractivity contribution in [3.05, 3.63) is 24.3 Å². The van der Waals surface area contributed by atoms with Crippen LogP contribution in [0.1, 0.15) is 6.92 Å².